The third-order valence-electron chi connectivity index (χ3n) is 6.38. The minimum atomic E-state index is 0.534. The Kier molecular flexibility index (Phi) is 3.18. The van der Waals surface area contributed by atoms with Crippen LogP contribution in [0.1, 0.15) is 58.1 Å². The number of nitrogens with zero attached hydrogens (tertiary/aromatic N) is 1. The fourth-order valence-corrected chi connectivity index (χ4v) is 6.32. The van der Waals surface area contributed by atoms with Gasteiger partial charge in [-0.1, -0.05) is 6.92 Å². The summed E-state index contributed by atoms with van der Waals surface area (Å²) in [6, 6.07) is 0.534. The summed E-state index contributed by atoms with van der Waals surface area (Å²) < 4.78 is 0. The van der Waals surface area contributed by atoms with Gasteiger partial charge in [0.25, 0.3) is 0 Å². The Balaban J connectivity index is 1.38. The molecule has 5 rings (SSSR count). The lowest BCUT2D eigenvalue weighted by Gasteiger charge is -2.61. The predicted molar refractivity (Wildman–Crippen MR) is 85.0 cm³/mol. The number of imidazole rings is 1. The van der Waals surface area contributed by atoms with E-state index in [1.54, 1.807) is 6.33 Å². The molecule has 2 N–H and O–H groups in total. The molecule has 4 saturated carbocycles. The summed E-state index contributed by atoms with van der Waals surface area (Å²) in [5.74, 6) is 2.06. The van der Waals surface area contributed by atoms with Gasteiger partial charge >= 0.3 is 0 Å². The lowest BCUT2D eigenvalue weighted by molar-refractivity contribution is -0.100. The summed E-state index contributed by atoms with van der Waals surface area (Å²) in [5, 5.41) is 3.85. The van der Waals surface area contributed by atoms with E-state index in [1.807, 2.05) is 6.20 Å². The van der Waals surface area contributed by atoms with Gasteiger partial charge in [-0.25, -0.2) is 4.98 Å². The third kappa shape index (κ3) is 2.65. The molecule has 0 amide bonds. The van der Waals surface area contributed by atoms with Crippen molar-refractivity contribution in [2.24, 2.45) is 22.7 Å². The first kappa shape index (κ1) is 13.8. The van der Waals surface area contributed by atoms with Gasteiger partial charge in [-0.15, -0.1) is 0 Å². The maximum absolute atomic E-state index is 4.12. The number of H-pyrrole nitrogens is 1. The summed E-state index contributed by atoms with van der Waals surface area (Å²) in [4.78, 5) is 7.33. The van der Waals surface area contributed by atoms with E-state index < -0.39 is 0 Å². The van der Waals surface area contributed by atoms with Crippen LogP contribution in [-0.4, -0.2) is 22.6 Å². The zero-order valence-corrected chi connectivity index (χ0v) is 13.5. The highest BCUT2D eigenvalue weighted by Gasteiger charge is 2.55. The highest BCUT2D eigenvalue weighted by Crippen LogP contribution is 2.64. The Morgan fingerprint density at radius 1 is 1.33 bits per heavy atom. The fraction of sp³-hybridized carbons (Fsp3) is 0.833. The average molecular weight is 287 g/mol. The highest BCUT2D eigenvalue weighted by molar-refractivity contribution is 5.07. The van der Waals surface area contributed by atoms with Gasteiger partial charge in [-0.05, 0) is 68.1 Å². The third-order valence-corrected chi connectivity index (χ3v) is 6.38. The van der Waals surface area contributed by atoms with Crippen LogP contribution in [0, 0.1) is 22.7 Å². The van der Waals surface area contributed by atoms with Crippen molar-refractivity contribution in [2.45, 2.75) is 64.8 Å². The first-order valence-corrected chi connectivity index (χ1v) is 8.75. The number of aromatic nitrogens is 2. The van der Waals surface area contributed by atoms with Crippen LogP contribution in [0.3, 0.4) is 0 Å². The molecule has 0 saturated heterocycles. The van der Waals surface area contributed by atoms with E-state index in [4.69, 9.17) is 0 Å². The van der Waals surface area contributed by atoms with Gasteiger partial charge in [0.2, 0.25) is 0 Å². The van der Waals surface area contributed by atoms with Crippen LogP contribution < -0.4 is 5.32 Å². The van der Waals surface area contributed by atoms with E-state index in [-0.39, 0.29) is 0 Å². The van der Waals surface area contributed by atoms with Gasteiger partial charge < -0.3 is 10.3 Å². The van der Waals surface area contributed by atoms with Crippen LogP contribution >= 0.6 is 0 Å². The van der Waals surface area contributed by atoms with Gasteiger partial charge in [0.1, 0.15) is 0 Å². The van der Waals surface area contributed by atoms with Crippen molar-refractivity contribution in [1.29, 1.82) is 0 Å². The summed E-state index contributed by atoms with van der Waals surface area (Å²) in [6.45, 7) is 6.10. The van der Waals surface area contributed by atoms with Crippen molar-refractivity contribution >= 4 is 0 Å². The Labute approximate surface area is 128 Å². The van der Waals surface area contributed by atoms with Crippen LogP contribution in [0.15, 0.2) is 12.5 Å². The Hall–Kier alpha value is -0.830. The molecule has 3 heteroatoms. The highest BCUT2D eigenvalue weighted by atomic mass is 14.9. The predicted octanol–water partition coefficient (Wildman–Crippen LogP) is 3.54. The molecule has 4 aliphatic rings. The summed E-state index contributed by atoms with van der Waals surface area (Å²) in [6.07, 6.45) is 13.8. The van der Waals surface area contributed by atoms with E-state index in [0.29, 0.717) is 16.9 Å². The molecular weight excluding hydrogens is 258 g/mol. The molecule has 1 heterocycles. The molecule has 116 valence electrons. The smallest absolute Gasteiger partial charge is 0.0921 e. The molecule has 3 atom stereocenters. The zero-order chi connectivity index (χ0) is 14.5. The molecule has 21 heavy (non-hydrogen) atoms. The van der Waals surface area contributed by atoms with Crippen LogP contribution in [0.4, 0.5) is 0 Å². The fourth-order valence-electron chi connectivity index (χ4n) is 6.32. The van der Waals surface area contributed by atoms with E-state index in [9.17, 15) is 0 Å². The molecular formula is C18H29N3. The van der Waals surface area contributed by atoms with Crippen molar-refractivity contribution in [1.82, 2.24) is 15.3 Å². The molecule has 4 bridgehead atoms. The minimum Gasteiger partial charge on any atom is -0.348 e. The second kappa shape index (κ2) is 4.84. The van der Waals surface area contributed by atoms with E-state index in [1.165, 1.54) is 50.8 Å². The molecule has 0 radical (unpaired) electrons. The molecule has 4 fully saturated rings. The summed E-state index contributed by atoms with van der Waals surface area (Å²) >= 11 is 0. The normalized spacial score (nSPS) is 42.4. The van der Waals surface area contributed by atoms with E-state index >= 15 is 0 Å². The lowest BCUT2D eigenvalue weighted by Crippen LogP contribution is -2.55. The second-order valence-corrected chi connectivity index (χ2v) is 8.83. The maximum Gasteiger partial charge on any atom is 0.0921 e. The topological polar surface area (TPSA) is 40.7 Å². The average Bonchev–Trinajstić information content (AvgIpc) is 2.86. The number of aromatic amines is 1. The summed E-state index contributed by atoms with van der Waals surface area (Å²) in [7, 11) is 0. The quantitative estimate of drug-likeness (QED) is 0.869. The number of nitrogens with one attached hydrogen (secondary N) is 2. The van der Waals surface area contributed by atoms with Gasteiger partial charge in [-0.2, -0.15) is 0 Å². The molecule has 3 unspecified atom stereocenters. The minimum absolute atomic E-state index is 0.534. The van der Waals surface area contributed by atoms with Gasteiger partial charge in [0.05, 0.1) is 6.33 Å². The number of hydrogen-bond acceptors (Lipinski definition) is 2. The van der Waals surface area contributed by atoms with Crippen LogP contribution in [0.25, 0.3) is 0 Å². The molecule has 1 aromatic rings. The largest absolute Gasteiger partial charge is 0.348 e. The first-order chi connectivity index (χ1) is 10.0. The van der Waals surface area contributed by atoms with Crippen molar-refractivity contribution in [2.75, 3.05) is 6.54 Å². The number of hydrogen-bond donors (Lipinski definition) is 2. The van der Waals surface area contributed by atoms with Crippen molar-refractivity contribution < 1.29 is 0 Å². The van der Waals surface area contributed by atoms with Crippen LogP contribution in [0.5, 0.6) is 0 Å². The standard InChI is InChI=1S/C18H29N3/c1-13(3-16-9-19-12-21-16)20-11-18-7-14-4-15(8-18)6-17(2,5-14)10-18/h9,12-15,20H,3-8,10-11H2,1-2H3,(H,19,21). The van der Waals surface area contributed by atoms with Crippen LogP contribution in [-0.2, 0) is 6.42 Å². The molecule has 4 aliphatic carbocycles. The maximum atomic E-state index is 4.12. The lowest BCUT2D eigenvalue weighted by atomic mass is 9.44. The molecule has 0 aromatic carbocycles. The monoisotopic (exact) mass is 287 g/mol. The van der Waals surface area contributed by atoms with Gasteiger partial charge in [0, 0.05) is 30.9 Å². The van der Waals surface area contributed by atoms with E-state index in [2.05, 4.69) is 29.1 Å². The zero-order valence-electron chi connectivity index (χ0n) is 13.5. The Bertz CT molecular complexity index is 479. The Morgan fingerprint density at radius 3 is 2.71 bits per heavy atom. The second-order valence-electron chi connectivity index (χ2n) is 8.83. The molecule has 0 aliphatic heterocycles. The van der Waals surface area contributed by atoms with Crippen LogP contribution in [0.2, 0.25) is 0 Å². The van der Waals surface area contributed by atoms with Crippen molar-refractivity contribution in [3.8, 4) is 0 Å². The summed E-state index contributed by atoms with van der Waals surface area (Å²) in [5.41, 5.74) is 2.52. The van der Waals surface area contributed by atoms with Gasteiger partial charge in [-0.3, -0.25) is 0 Å². The van der Waals surface area contributed by atoms with Gasteiger partial charge in [0.15, 0.2) is 0 Å². The van der Waals surface area contributed by atoms with E-state index in [0.717, 1.165) is 18.3 Å². The first-order valence-electron chi connectivity index (χ1n) is 8.75. The molecule has 0 spiro atoms. The Morgan fingerprint density at radius 2 is 2.10 bits per heavy atom. The number of rotatable bonds is 5. The molecule has 1 aromatic heterocycles. The SMILES string of the molecule is CC(Cc1cnc[nH]1)NCC12CC3CC(CC(C)(C3)C1)C2. The van der Waals surface area contributed by atoms with Crippen molar-refractivity contribution in [3.05, 3.63) is 18.2 Å². The molecule has 3 nitrogen and oxygen atoms in total. The van der Waals surface area contributed by atoms with Crippen molar-refractivity contribution in [3.63, 3.8) is 0 Å².